The Bertz CT molecular complexity index is 90.6. The zero-order valence-electron chi connectivity index (χ0n) is 8.11. The monoisotopic (exact) mass is 193 g/mol. The third-order valence-corrected chi connectivity index (χ3v) is 1.98. The smallest absolute Gasteiger partial charge is 0.0590 e. The van der Waals surface area contributed by atoms with E-state index in [1.54, 1.807) is 0 Å². The van der Waals surface area contributed by atoms with Gasteiger partial charge in [-0.2, -0.15) is 0 Å². The van der Waals surface area contributed by atoms with Crippen LogP contribution in [0.1, 0.15) is 26.7 Å². The highest BCUT2D eigenvalue weighted by Crippen LogP contribution is 1.97. The summed E-state index contributed by atoms with van der Waals surface area (Å²) in [7, 11) is 0. The summed E-state index contributed by atoms with van der Waals surface area (Å²) in [5.41, 5.74) is 0. The molecule has 0 amide bonds. The molecule has 0 aromatic carbocycles. The quantitative estimate of drug-likeness (QED) is 0.471. The fourth-order valence-corrected chi connectivity index (χ4v) is 1.16. The lowest BCUT2D eigenvalue weighted by molar-refractivity contribution is 0.147. The van der Waals surface area contributed by atoms with Crippen LogP contribution in [0.15, 0.2) is 0 Å². The Balaban J connectivity index is 3.02. The predicted molar refractivity (Wildman–Crippen MR) is 53.9 cm³/mol. The van der Waals surface area contributed by atoms with Crippen molar-refractivity contribution in [1.82, 2.24) is 5.32 Å². The number of ether oxygens (including phenoxy) is 1. The maximum Gasteiger partial charge on any atom is 0.0590 e. The Labute approximate surface area is 80.6 Å². The van der Waals surface area contributed by atoms with Crippen LogP contribution in [0.25, 0.3) is 0 Å². The van der Waals surface area contributed by atoms with Gasteiger partial charge in [0.25, 0.3) is 0 Å². The molecule has 1 atom stereocenters. The van der Waals surface area contributed by atoms with E-state index in [2.05, 4.69) is 12.2 Å². The van der Waals surface area contributed by atoms with Gasteiger partial charge in [-0.05, 0) is 26.7 Å². The zero-order chi connectivity index (χ0) is 9.23. The predicted octanol–water partition coefficient (Wildman–Crippen LogP) is 2.02. The van der Waals surface area contributed by atoms with Crippen molar-refractivity contribution >= 4 is 11.6 Å². The summed E-state index contributed by atoms with van der Waals surface area (Å²) in [4.78, 5) is 0. The largest absolute Gasteiger partial charge is 0.380 e. The molecule has 0 aromatic heterocycles. The number of alkyl halides is 1. The van der Waals surface area contributed by atoms with E-state index in [0.29, 0.717) is 6.04 Å². The molecule has 0 spiro atoms. The summed E-state index contributed by atoms with van der Waals surface area (Å²) in [5, 5.41) is 3.37. The summed E-state index contributed by atoms with van der Waals surface area (Å²) in [6.45, 7) is 6.74. The minimum Gasteiger partial charge on any atom is -0.380 e. The Morgan fingerprint density at radius 3 is 2.83 bits per heavy atom. The van der Waals surface area contributed by atoms with Crippen LogP contribution >= 0.6 is 11.6 Å². The molecule has 3 heteroatoms. The van der Waals surface area contributed by atoms with E-state index in [9.17, 15) is 0 Å². The van der Waals surface area contributed by atoms with Gasteiger partial charge in [0.15, 0.2) is 0 Å². The van der Waals surface area contributed by atoms with Crippen molar-refractivity contribution in [2.75, 3.05) is 25.6 Å². The van der Waals surface area contributed by atoms with Crippen LogP contribution in [0.4, 0.5) is 0 Å². The van der Waals surface area contributed by atoms with Gasteiger partial charge < -0.3 is 10.1 Å². The number of hydrogen-bond donors (Lipinski definition) is 1. The summed E-state index contributed by atoms with van der Waals surface area (Å²) in [5.74, 6) is 0.761. The van der Waals surface area contributed by atoms with Gasteiger partial charge in [-0.3, -0.25) is 0 Å². The molecule has 0 aliphatic rings. The molecule has 12 heavy (non-hydrogen) atoms. The molecule has 0 saturated carbocycles. The van der Waals surface area contributed by atoms with Crippen molar-refractivity contribution in [2.24, 2.45) is 0 Å². The maximum absolute atomic E-state index is 5.58. The molecule has 0 saturated heterocycles. The van der Waals surface area contributed by atoms with E-state index in [1.807, 2.05) is 6.92 Å². The lowest BCUT2D eigenvalue weighted by Crippen LogP contribution is -2.29. The summed E-state index contributed by atoms with van der Waals surface area (Å²) in [6, 6.07) is 0.559. The molecular formula is C9H20ClNO. The molecule has 0 rings (SSSR count). The summed E-state index contributed by atoms with van der Waals surface area (Å²) in [6.07, 6.45) is 2.24. The second-order valence-corrected chi connectivity index (χ2v) is 3.26. The standard InChI is InChI=1S/C9H20ClNO/c1-3-12-8-7-11-9(2)5-4-6-10/h9,11H,3-8H2,1-2H3. The van der Waals surface area contributed by atoms with E-state index >= 15 is 0 Å². The molecule has 0 bridgehead atoms. The molecule has 0 fully saturated rings. The second-order valence-electron chi connectivity index (χ2n) is 2.88. The number of hydrogen-bond acceptors (Lipinski definition) is 2. The lowest BCUT2D eigenvalue weighted by Gasteiger charge is -2.12. The topological polar surface area (TPSA) is 21.3 Å². The first kappa shape index (κ1) is 12.2. The molecule has 0 aromatic rings. The normalized spacial score (nSPS) is 13.2. The van der Waals surface area contributed by atoms with Crippen LogP contribution in [-0.2, 0) is 4.74 Å². The zero-order valence-corrected chi connectivity index (χ0v) is 8.86. The minimum atomic E-state index is 0.559. The highest BCUT2D eigenvalue weighted by Gasteiger charge is 1.98. The Hall–Kier alpha value is 0.210. The molecule has 0 heterocycles. The average molecular weight is 194 g/mol. The molecule has 0 aliphatic carbocycles. The van der Waals surface area contributed by atoms with Gasteiger partial charge in [0, 0.05) is 25.1 Å². The maximum atomic E-state index is 5.58. The Morgan fingerprint density at radius 2 is 2.25 bits per heavy atom. The van der Waals surface area contributed by atoms with Crippen LogP contribution in [-0.4, -0.2) is 31.7 Å². The third-order valence-electron chi connectivity index (χ3n) is 1.71. The van der Waals surface area contributed by atoms with Crippen molar-refractivity contribution in [2.45, 2.75) is 32.7 Å². The van der Waals surface area contributed by atoms with Gasteiger partial charge in [-0.25, -0.2) is 0 Å². The second kappa shape index (κ2) is 9.30. The lowest BCUT2D eigenvalue weighted by atomic mass is 10.2. The SMILES string of the molecule is CCOCCNC(C)CCCCl. The van der Waals surface area contributed by atoms with Crippen LogP contribution < -0.4 is 5.32 Å². The van der Waals surface area contributed by atoms with Crippen LogP contribution in [0.3, 0.4) is 0 Å². The Morgan fingerprint density at radius 1 is 1.50 bits per heavy atom. The van der Waals surface area contributed by atoms with E-state index in [4.69, 9.17) is 16.3 Å². The molecule has 0 aliphatic heterocycles. The van der Waals surface area contributed by atoms with E-state index < -0.39 is 0 Å². The molecule has 1 N–H and O–H groups in total. The van der Waals surface area contributed by atoms with Gasteiger partial charge in [0.2, 0.25) is 0 Å². The molecule has 2 nitrogen and oxygen atoms in total. The Kier molecular flexibility index (Phi) is 9.46. The van der Waals surface area contributed by atoms with E-state index in [0.717, 1.165) is 38.5 Å². The van der Waals surface area contributed by atoms with E-state index in [-0.39, 0.29) is 0 Å². The molecule has 74 valence electrons. The van der Waals surface area contributed by atoms with Gasteiger partial charge in [-0.15, -0.1) is 11.6 Å². The van der Waals surface area contributed by atoms with Gasteiger partial charge in [0.1, 0.15) is 0 Å². The van der Waals surface area contributed by atoms with Crippen molar-refractivity contribution in [1.29, 1.82) is 0 Å². The summed E-state index contributed by atoms with van der Waals surface area (Å²) >= 11 is 5.58. The van der Waals surface area contributed by atoms with Gasteiger partial charge in [0.05, 0.1) is 6.61 Å². The first-order chi connectivity index (χ1) is 5.81. The fraction of sp³-hybridized carbons (Fsp3) is 1.00. The number of rotatable bonds is 8. The van der Waals surface area contributed by atoms with Crippen molar-refractivity contribution < 1.29 is 4.74 Å². The van der Waals surface area contributed by atoms with Gasteiger partial charge in [-0.1, -0.05) is 0 Å². The minimum absolute atomic E-state index is 0.559. The first-order valence-corrected chi connectivity index (χ1v) is 5.21. The molecule has 1 unspecified atom stereocenters. The molecular weight excluding hydrogens is 174 g/mol. The molecule has 0 radical (unpaired) electrons. The van der Waals surface area contributed by atoms with Gasteiger partial charge >= 0.3 is 0 Å². The number of nitrogens with one attached hydrogen (secondary N) is 1. The van der Waals surface area contributed by atoms with Crippen LogP contribution in [0.5, 0.6) is 0 Å². The van der Waals surface area contributed by atoms with Crippen LogP contribution in [0, 0.1) is 0 Å². The number of halogens is 1. The highest BCUT2D eigenvalue weighted by molar-refractivity contribution is 6.17. The third kappa shape index (κ3) is 8.31. The van der Waals surface area contributed by atoms with E-state index in [1.165, 1.54) is 0 Å². The summed E-state index contributed by atoms with van der Waals surface area (Å²) < 4.78 is 5.20. The average Bonchev–Trinajstić information content (AvgIpc) is 2.09. The first-order valence-electron chi connectivity index (χ1n) is 4.68. The van der Waals surface area contributed by atoms with Crippen molar-refractivity contribution in [3.05, 3.63) is 0 Å². The van der Waals surface area contributed by atoms with Crippen molar-refractivity contribution in [3.63, 3.8) is 0 Å². The highest BCUT2D eigenvalue weighted by atomic mass is 35.5. The van der Waals surface area contributed by atoms with Crippen molar-refractivity contribution in [3.8, 4) is 0 Å². The van der Waals surface area contributed by atoms with Crippen LogP contribution in [0.2, 0.25) is 0 Å². The fourth-order valence-electron chi connectivity index (χ4n) is 1.01.